The minimum Gasteiger partial charge on any atom is -0.390 e. The quantitative estimate of drug-likeness (QED) is 0.528. The maximum atomic E-state index is 13.1. The molecule has 5 atom stereocenters. The standard InChI is InChI=1S/C33H46N6O3/c1-32(2,3)22-36-10-12-37(13-11-36)26-8-9-29(34-21-26)38-14-15-39(28-7-5-4-6-27(28)38)42-31(40)35-30-24-16-23-17-25(30)20-33(41,18-23)19-24/h4-9,21,23-25,30,41H,10-20,22H2,1-3H3,(H,35,40)/t23?,24-,25+,30?,33?. The lowest BCUT2D eigenvalue weighted by Gasteiger charge is -2.57. The van der Waals surface area contributed by atoms with Crippen LogP contribution in [0.3, 0.4) is 0 Å². The van der Waals surface area contributed by atoms with Crippen LogP contribution in [0.1, 0.15) is 52.9 Å². The molecule has 42 heavy (non-hydrogen) atoms. The van der Waals surface area contributed by atoms with Crippen molar-refractivity contribution < 1.29 is 14.7 Å². The van der Waals surface area contributed by atoms with E-state index in [9.17, 15) is 9.90 Å². The first-order valence-corrected chi connectivity index (χ1v) is 15.9. The van der Waals surface area contributed by atoms with E-state index in [-0.39, 0.29) is 6.04 Å². The van der Waals surface area contributed by atoms with Crippen molar-refractivity contribution in [3.63, 3.8) is 0 Å². The molecular formula is C33H46N6O3. The molecule has 4 bridgehead atoms. The van der Waals surface area contributed by atoms with Crippen molar-refractivity contribution in [2.24, 2.45) is 23.2 Å². The molecule has 8 rings (SSSR count). The van der Waals surface area contributed by atoms with Gasteiger partial charge in [-0.15, -0.1) is 0 Å². The van der Waals surface area contributed by atoms with E-state index in [4.69, 9.17) is 9.82 Å². The van der Waals surface area contributed by atoms with Crippen molar-refractivity contribution in [1.82, 2.24) is 15.2 Å². The molecule has 1 aromatic heterocycles. The second-order valence-electron chi connectivity index (χ2n) is 14.7. The monoisotopic (exact) mass is 574 g/mol. The fraction of sp³-hybridized carbons (Fsp3) is 0.636. The molecule has 4 aliphatic carbocycles. The summed E-state index contributed by atoms with van der Waals surface area (Å²) in [5.74, 6) is 2.19. The zero-order valence-electron chi connectivity index (χ0n) is 25.3. The molecule has 226 valence electrons. The molecule has 2 N–H and O–H groups in total. The van der Waals surface area contributed by atoms with Gasteiger partial charge in [-0.1, -0.05) is 32.9 Å². The zero-order chi connectivity index (χ0) is 29.1. The molecule has 0 spiro atoms. The highest BCUT2D eigenvalue weighted by Gasteiger charge is 2.55. The number of benzene rings is 1. The summed E-state index contributed by atoms with van der Waals surface area (Å²) in [6.45, 7) is 13.4. The van der Waals surface area contributed by atoms with Gasteiger partial charge in [0.25, 0.3) is 0 Å². The molecule has 1 aromatic carbocycles. The SMILES string of the molecule is CC(C)(C)CN1CCN(c2ccc(N3CCN(OC(=O)NC4[C@@H]5CC6C[C@H]4CC(O)(C6)C5)c4ccccc43)nc2)CC1. The van der Waals surface area contributed by atoms with Gasteiger partial charge in [0.1, 0.15) is 5.82 Å². The molecule has 1 amide bonds. The fourth-order valence-corrected chi connectivity index (χ4v) is 8.71. The van der Waals surface area contributed by atoms with Gasteiger partial charge in [-0.2, -0.15) is 0 Å². The van der Waals surface area contributed by atoms with Crippen molar-refractivity contribution >= 4 is 29.0 Å². The Labute approximate surface area is 249 Å². The fourth-order valence-electron chi connectivity index (χ4n) is 8.71. The third kappa shape index (κ3) is 5.53. The van der Waals surface area contributed by atoms with E-state index in [0.717, 1.165) is 87.7 Å². The predicted octanol–water partition coefficient (Wildman–Crippen LogP) is 4.79. The smallest absolute Gasteiger partial charge is 0.390 e. The van der Waals surface area contributed by atoms with Crippen LogP contribution in [0.25, 0.3) is 0 Å². The van der Waals surface area contributed by atoms with Crippen molar-refractivity contribution in [2.45, 2.75) is 64.5 Å². The van der Waals surface area contributed by atoms with Gasteiger partial charge in [-0.25, -0.2) is 14.8 Å². The number of rotatable bonds is 5. The number of fused-ring (bicyclic) bond motifs is 1. The maximum absolute atomic E-state index is 13.1. The molecule has 6 aliphatic rings. The van der Waals surface area contributed by atoms with Crippen molar-refractivity contribution in [3.8, 4) is 0 Å². The van der Waals surface area contributed by atoms with E-state index in [1.165, 1.54) is 0 Å². The second-order valence-corrected chi connectivity index (χ2v) is 14.7. The number of carbonyl (C=O) groups is 1. The Morgan fingerprint density at radius 3 is 2.33 bits per heavy atom. The average Bonchev–Trinajstić information content (AvgIpc) is 2.94. The minimum atomic E-state index is -0.513. The number of hydrogen-bond donors (Lipinski definition) is 2. The van der Waals surface area contributed by atoms with Gasteiger partial charge in [0, 0.05) is 45.3 Å². The molecule has 0 radical (unpaired) electrons. The highest BCUT2D eigenvalue weighted by Crippen LogP contribution is 2.55. The predicted molar refractivity (Wildman–Crippen MR) is 165 cm³/mol. The summed E-state index contributed by atoms with van der Waals surface area (Å²) in [7, 11) is 0. The summed E-state index contributed by atoms with van der Waals surface area (Å²) < 4.78 is 0. The number of hydrogen-bond acceptors (Lipinski definition) is 8. The molecular weight excluding hydrogens is 528 g/mol. The van der Waals surface area contributed by atoms with Gasteiger partial charge < -0.3 is 25.1 Å². The maximum Gasteiger partial charge on any atom is 0.431 e. The lowest BCUT2D eigenvalue weighted by atomic mass is 9.52. The van der Waals surface area contributed by atoms with E-state index < -0.39 is 11.7 Å². The van der Waals surface area contributed by atoms with Crippen molar-refractivity contribution in [3.05, 3.63) is 42.6 Å². The third-order valence-electron chi connectivity index (χ3n) is 10.1. The summed E-state index contributed by atoms with van der Waals surface area (Å²) >= 11 is 0. The number of anilines is 4. The third-order valence-corrected chi connectivity index (χ3v) is 10.1. The average molecular weight is 575 g/mol. The molecule has 3 unspecified atom stereocenters. The first kappa shape index (κ1) is 27.8. The number of nitrogens with zero attached hydrogens (tertiary/aromatic N) is 5. The van der Waals surface area contributed by atoms with Crippen LogP contribution in [-0.2, 0) is 4.84 Å². The first-order valence-electron chi connectivity index (χ1n) is 15.9. The lowest BCUT2D eigenvalue weighted by Crippen LogP contribution is -2.62. The number of pyridine rings is 1. The van der Waals surface area contributed by atoms with Crippen LogP contribution in [0.4, 0.5) is 27.7 Å². The lowest BCUT2D eigenvalue weighted by molar-refractivity contribution is -0.137. The van der Waals surface area contributed by atoms with Crippen LogP contribution < -0.4 is 20.2 Å². The van der Waals surface area contributed by atoms with E-state index in [2.05, 4.69) is 59.0 Å². The number of carbonyl (C=O) groups excluding carboxylic acids is 1. The molecule has 9 heteroatoms. The first-order chi connectivity index (χ1) is 20.1. The number of piperazine rings is 1. The summed E-state index contributed by atoms with van der Waals surface area (Å²) in [6, 6.07) is 12.4. The Hall–Kier alpha value is -3.04. The minimum absolute atomic E-state index is 0.0926. The molecule has 3 heterocycles. The van der Waals surface area contributed by atoms with Crippen LogP contribution >= 0.6 is 0 Å². The van der Waals surface area contributed by atoms with Crippen LogP contribution in [-0.4, -0.2) is 78.5 Å². The molecule has 5 fully saturated rings. The van der Waals surface area contributed by atoms with E-state index in [1.54, 1.807) is 5.06 Å². The highest BCUT2D eigenvalue weighted by atomic mass is 16.7. The largest absolute Gasteiger partial charge is 0.431 e. The van der Waals surface area contributed by atoms with E-state index in [1.807, 2.05) is 24.4 Å². The number of amides is 1. The second kappa shape index (κ2) is 10.6. The van der Waals surface area contributed by atoms with Gasteiger partial charge in [0.2, 0.25) is 0 Å². The number of nitrogens with one attached hydrogen (secondary N) is 1. The number of aliphatic hydroxyl groups is 1. The van der Waals surface area contributed by atoms with Crippen LogP contribution in [0.15, 0.2) is 42.6 Å². The Morgan fingerprint density at radius 2 is 1.69 bits per heavy atom. The summed E-state index contributed by atoms with van der Waals surface area (Å²) in [4.78, 5) is 31.2. The van der Waals surface area contributed by atoms with Gasteiger partial charge in [0.05, 0.1) is 35.4 Å². The van der Waals surface area contributed by atoms with Gasteiger partial charge in [0.15, 0.2) is 0 Å². The highest BCUT2D eigenvalue weighted by molar-refractivity contribution is 5.79. The van der Waals surface area contributed by atoms with Gasteiger partial charge >= 0.3 is 6.09 Å². The van der Waals surface area contributed by atoms with Crippen molar-refractivity contribution in [2.75, 3.05) is 60.7 Å². The number of aromatic nitrogens is 1. The topological polar surface area (TPSA) is 84.4 Å². The van der Waals surface area contributed by atoms with Gasteiger partial charge in [-0.3, -0.25) is 4.90 Å². The summed E-state index contributed by atoms with van der Waals surface area (Å²) in [5, 5.41) is 15.8. The summed E-state index contributed by atoms with van der Waals surface area (Å²) in [5.41, 5.74) is 2.81. The molecule has 1 saturated heterocycles. The number of para-hydroxylation sites is 2. The van der Waals surface area contributed by atoms with Crippen LogP contribution in [0, 0.1) is 23.2 Å². The Morgan fingerprint density at radius 1 is 0.976 bits per heavy atom. The van der Waals surface area contributed by atoms with Crippen molar-refractivity contribution in [1.29, 1.82) is 0 Å². The van der Waals surface area contributed by atoms with E-state index >= 15 is 0 Å². The summed E-state index contributed by atoms with van der Waals surface area (Å²) in [6.07, 6.45) is 6.33. The molecule has 9 nitrogen and oxygen atoms in total. The molecule has 2 aliphatic heterocycles. The number of hydroxylamine groups is 1. The van der Waals surface area contributed by atoms with E-state index in [0.29, 0.717) is 36.3 Å². The van der Waals surface area contributed by atoms with Gasteiger partial charge in [-0.05, 0) is 79.5 Å². The Bertz CT molecular complexity index is 1270. The molecule has 2 aromatic rings. The van der Waals surface area contributed by atoms with Crippen LogP contribution in [0.2, 0.25) is 0 Å². The zero-order valence-corrected chi connectivity index (χ0v) is 25.3. The Balaban J connectivity index is 0.987. The van der Waals surface area contributed by atoms with Crippen LogP contribution in [0.5, 0.6) is 0 Å². The molecule has 4 saturated carbocycles. The Kier molecular flexibility index (Phi) is 7.01. The normalized spacial score (nSPS) is 30.8.